The number of carbonyl (C=O) groups is 2. The number of hydrogen-bond acceptors (Lipinski definition) is 6. The number of thioether (sulfide) groups is 1. The van der Waals surface area contributed by atoms with E-state index in [0.717, 1.165) is 57.6 Å². The highest BCUT2D eigenvalue weighted by atomic mass is 32.2. The molecule has 0 spiro atoms. The van der Waals surface area contributed by atoms with E-state index in [9.17, 15) is 9.59 Å². The number of amides is 1. The zero-order valence-electron chi connectivity index (χ0n) is 19.4. The van der Waals surface area contributed by atoms with Crippen molar-refractivity contribution in [2.75, 3.05) is 13.2 Å². The maximum Gasteiger partial charge on any atom is 0.323 e. The Bertz CT molecular complexity index is 1300. The SMILES string of the molecule is CCCCOc1ccc(-c2nn(-c3ccccc3)cc2/C=C2\SC(=S)N(CC(=O)O)C2=O)c(C)c1. The minimum atomic E-state index is -1.11. The van der Waals surface area contributed by atoms with E-state index in [1.807, 2.05) is 61.7 Å². The van der Waals surface area contributed by atoms with E-state index in [-0.39, 0.29) is 4.32 Å². The standard InChI is InChI=1S/C26H25N3O4S2/c1-3-4-12-33-20-10-11-21(17(2)13-20)24-18(15-29(27-24)19-8-6-5-7-9-19)14-22-25(32)28(16-23(30)31)26(34)35-22/h5-11,13-15H,3-4,12,16H2,1-2H3,(H,30,31)/b22-14-. The molecule has 1 aliphatic rings. The summed E-state index contributed by atoms with van der Waals surface area (Å²) in [6.45, 7) is 4.33. The summed E-state index contributed by atoms with van der Waals surface area (Å²) < 4.78 is 7.84. The lowest BCUT2D eigenvalue weighted by Crippen LogP contribution is -2.33. The minimum Gasteiger partial charge on any atom is -0.494 e. The number of rotatable bonds is 9. The van der Waals surface area contributed by atoms with Crippen LogP contribution in [-0.4, -0.2) is 49.1 Å². The van der Waals surface area contributed by atoms with Crippen LogP contribution in [0.1, 0.15) is 30.9 Å². The van der Waals surface area contributed by atoms with E-state index >= 15 is 0 Å². The van der Waals surface area contributed by atoms with Crippen LogP contribution in [0.4, 0.5) is 0 Å². The highest BCUT2D eigenvalue weighted by Crippen LogP contribution is 2.36. The molecule has 180 valence electrons. The van der Waals surface area contributed by atoms with Crippen LogP contribution < -0.4 is 4.74 Å². The fourth-order valence-corrected chi connectivity index (χ4v) is 4.90. The number of aromatic nitrogens is 2. The molecule has 1 aliphatic heterocycles. The molecule has 9 heteroatoms. The zero-order chi connectivity index (χ0) is 24.9. The van der Waals surface area contributed by atoms with Gasteiger partial charge in [0.1, 0.15) is 22.3 Å². The molecule has 2 aromatic carbocycles. The third kappa shape index (κ3) is 5.63. The van der Waals surface area contributed by atoms with Crippen LogP contribution in [0.25, 0.3) is 23.0 Å². The molecule has 0 saturated carbocycles. The quantitative estimate of drug-likeness (QED) is 0.239. The number of aliphatic carboxylic acids is 1. The highest BCUT2D eigenvalue weighted by molar-refractivity contribution is 8.26. The normalized spacial score (nSPS) is 14.7. The van der Waals surface area contributed by atoms with Crippen LogP contribution >= 0.6 is 24.0 Å². The number of hydrogen-bond donors (Lipinski definition) is 1. The largest absolute Gasteiger partial charge is 0.494 e. The molecule has 1 fully saturated rings. The fourth-order valence-electron chi connectivity index (χ4n) is 3.65. The van der Waals surface area contributed by atoms with Gasteiger partial charge in [-0.25, -0.2) is 4.68 Å². The number of aryl methyl sites for hydroxylation is 1. The molecule has 2 heterocycles. The molecule has 1 amide bonds. The van der Waals surface area contributed by atoms with Crippen molar-refractivity contribution in [1.29, 1.82) is 0 Å². The highest BCUT2D eigenvalue weighted by Gasteiger charge is 2.33. The van der Waals surface area contributed by atoms with Crippen LogP contribution in [-0.2, 0) is 9.59 Å². The number of carboxylic acids is 1. The summed E-state index contributed by atoms with van der Waals surface area (Å²) in [6, 6.07) is 15.6. The van der Waals surface area contributed by atoms with Crippen molar-refractivity contribution in [2.24, 2.45) is 0 Å². The predicted molar refractivity (Wildman–Crippen MR) is 142 cm³/mol. The van der Waals surface area contributed by atoms with Gasteiger partial charge in [-0.1, -0.05) is 55.5 Å². The molecule has 0 aliphatic carbocycles. The zero-order valence-corrected chi connectivity index (χ0v) is 21.1. The topological polar surface area (TPSA) is 84.7 Å². The van der Waals surface area contributed by atoms with Gasteiger partial charge >= 0.3 is 5.97 Å². The molecule has 0 atom stereocenters. The van der Waals surface area contributed by atoms with Crippen molar-refractivity contribution in [1.82, 2.24) is 14.7 Å². The van der Waals surface area contributed by atoms with Gasteiger partial charge in [-0.15, -0.1) is 0 Å². The Morgan fingerprint density at radius 1 is 1.23 bits per heavy atom. The summed E-state index contributed by atoms with van der Waals surface area (Å²) in [4.78, 5) is 25.5. The third-order valence-electron chi connectivity index (χ3n) is 5.44. The van der Waals surface area contributed by atoms with Crippen molar-refractivity contribution in [3.05, 3.63) is 70.8 Å². The van der Waals surface area contributed by atoms with Crippen LogP contribution in [0.15, 0.2) is 59.6 Å². The molecule has 0 bridgehead atoms. The number of thiocarbonyl (C=S) groups is 1. The summed E-state index contributed by atoms with van der Waals surface area (Å²) in [5, 5.41) is 14.0. The Hall–Kier alpha value is -3.43. The second kappa shape index (κ2) is 10.9. The lowest BCUT2D eigenvalue weighted by Gasteiger charge is -2.10. The van der Waals surface area contributed by atoms with Gasteiger partial charge in [-0.2, -0.15) is 5.10 Å². The number of benzene rings is 2. The minimum absolute atomic E-state index is 0.227. The van der Waals surface area contributed by atoms with Crippen molar-refractivity contribution in [3.63, 3.8) is 0 Å². The van der Waals surface area contributed by atoms with Crippen LogP contribution in [0, 0.1) is 6.92 Å². The van der Waals surface area contributed by atoms with Gasteiger partial charge < -0.3 is 9.84 Å². The smallest absolute Gasteiger partial charge is 0.323 e. The Kier molecular flexibility index (Phi) is 7.67. The second-order valence-corrected chi connectivity index (χ2v) is 9.73. The van der Waals surface area contributed by atoms with Gasteiger partial charge in [0.05, 0.1) is 17.2 Å². The van der Waals surface area contributed by atoms with E-state index in [4.69, 9.17) is 27.2 Å². The van der Waals surface area contributed by atoms with Gasteiger partial charge in [-0.3, -0.25) is 14.5 Å². The Labute approximate surface area is 213 Å². The molecule has 0 radical (unpaired) electrons. The maximum atomic E-state index is 12.9. The first-order valence-electron chi connectivity index (χ1n) is 11.2. The first-order chi connectivity index (χ1) is 16.9. The third-order valence-corrected chi connectivity index (χ3v) is 6.81. The Balaban J connectivity index is 1.75. The van der Waals surface area contributed by atoms with Crippen LogP contribution in [0.5, 0.6) is 5.75 Å². The number of nitrogens with zero attached hydrogens (tertiary/aromatic N) is 3. The van der Waals surface area contributed by atoms with E-state index in [0.29, 0.717) is 17.2 Å². The lowest BCUT2D eigenvalue weighted by atomic mass is 10.0. The average Bonchev–Trinajstić information content (AvgIpc) is 3.36. The number of carbonyl (C=O) groups excluding carboxylic acids is 1. The van der Waals surface area contributed by atoms with E-state index in [2.05, 4.69) is 6.92 Å². The van der Waals surface area contributed by atoms with Crippen LogP contribution in [0.3, 0.4) is 0 Å². The second-order valence-electron chi connectivity index (χ2n) is 8.05. The molecule has 4 rings (SSSR count). The molecule has 1 aromatic heterocycles. The lowest BCUT2D eigenvalue weighted by molar-refractivity contribution is -0.140. The van der Waals surface area contributed by atoms with Crippen molar-refractivity contribution in [2.45, 2.75) is 26.7 Å². The molecule has 0 unspecified atom stereocenters. The van der Waals surface area contributed by atoms with Crippen molar-refractivity contribution < 1.29 is 19.4 Å². The summed E-state index contributed by atoms with van der Waals surface area (Å²) >= 11 is 6.34. The molecular weight excluding hydrogens is 482 g/mol. The number of para-hydroxylation sites is 1. The molecular formula is C26H25N3O4S2. The van der Waals surface area contributed by atoms with Gasteiger partial charge in [0.2, 0.25) is 0 Å². The molecule has 1 N–H and O–H groups in total. The molecule has 3 aromatic rings. The Morgan fingerprint density at radius 3 is 2.69 bits per heavy atom. The first kappa shape index (κ1) is 24.7. The summed E-state index contributed by atoms with van der Waals surface area (Å²) in [6.07, 6.45) is 5.65. The van der Waals surface area contributed by atoms with Gasteiger partial charge in [0, 0.05) is 17.3 Å². The monoisotopic (exact) mass is 507 g/mol. The van der Waals surface area contributed by atoms with Crippen molar-refractivity contribution >= 4 is 46.3 Å². The van der Waals surface area contributed by atoms with Crippen molar-refractivity contribution in [3.8, 4) is 22.7 Å². The van der Waals surface area contributed by atoms with E-state index in [1.165, 1.54) is 0 Å². The van der Waals surface area contributed by atoms with E-state index < -0.39 is 18.4 Å². The number of ether oxygens (including phenoxy) is 1. The molecule has 7 nitrogen and oxygen atoms in total. The average molecular weight is 508 g/mol. The van der Waals surface area contributed by atoms with Gasteiger partial charge in [0.25, 0.3) is 5.91 Å². The first-order valence-corrected chi connectivity index (χ1v) is 12.5. The fraction of sp³-hybridized carbons (Fsp3) is 0.231. The number of unbranched alkanes of at least 4 members (excludes halogenated alkanes) is 1. The van der Waals surface area contributed by atoms with Gasteiger partial charge in [0.15, 0.2) is 0 Å². The van der Waals surface area contributed by atoms with E-state index in [1.54, 1.807) is 10.8 Å². The summed E-state index contributed by atoms with van der Waals surface area (Å²) in [5.41, 5.74) is 4.21. The summed E-state index contributed by atoms with van der Waals surface area (Å²) in [5.74, 6) is -0.729. The maximum absolute atomic E-state index is 12.9. The Morgan fingerprint density at radius 2 is 2.00 bits per heavy atom. The van der Waals surface area contributed by atoms with Crippen LogP contribution in [0.2, 0.25) is 0 Å². The number of carboxylic acid groups (broad SMARTS) is 1. The van der Waals surface area contributed by atoms with Gasteiger partial charge in [-0.05, 0) is 55.3 Å². The predicted octanol–water partition coefficient (Wildman–Crippen LogP) is 5.31. The molecule has 35 heavy (non-hydrogen) atoms. The summed E-state index contributed by atoms with van der Waals surface area (Å²) in [7, 11) is 0. The molecule has 1 saturated heterocycles.